The Morgan fingerprint density at radius 2 is 0.627 bits per heavy atom. The van der Waals surface area contributed by atoms with Crippen molar-refractivity contribution in [1.29, 1.82) is 0 Å². The Kier molecular flexibility index (Phi) is 64.2. The smallest absolute Gasteiger partial charge is 0.220 e. The Bertz CT molecular complexity index is 2360. The molecule has 638 valence electrons. The van der Waals surface area contributed by atoms with Gasteiger partial charge in [0, 0.05) is 6.42 Å². The van der Waals surface area contributed by atoms with Gasteiger partial charge in [-0.25, -0.2) is 0 Å². The Balaban J connectivity index is 1.32. The minimum absolute atomic E-state index is 0.241. The highest BCUT2D eigenvalue weighted by atomic mass is 16.8. The van der Waals surface area contributed by atoms with Gasteiger partial charge in [-0.05, 0) is 77.0 Å². The second-order valence-electron chi connectivity index (χ2n) is 31.3. The Hall–Kier alpha value is -3.29. The molecule has 3 saturated heterocycles. The summed E-state index contributed by atoms with van der Waals surface area (Å²) in [5.41, 5.74) is 0. The van der Waals surface area contributed by atoms with Crippen molar-refractivity contribution < 1.29 is 89.4 Å². The first-order valence-electron chi connectivity index (χ1n) is 44.5. The molecule has 0 bridgehead atoms. The van der Waals surface area contributed by atoms with Crippen LogP contribution in [0.5, 0.6) is 0 Å². The number of ether oxygens (including phenoxy) is 6. The van der Waals surface area contributed by atoms with Crippen molar-refractivity contribution in [1.82, 2.24) is 5.32 Å². The van der Waals surface area contributed by atoms with Gasteiger partial charge in [0.05, 0.1) is 38.6 Å². The number of aliphatic hydroxyl groups excluding tert-OH is 11. The monoisotopic (exact) mass is 1560 g/mol. The molecular weight excluding hydrogens is 1390 g/mol. The molecule has 3 heterocycles. The molecule has 0 spiro atoms. The van der Waals surface area contributed by atoms with Crippen molar-refractivity contribution in [3.05, 3.63) is 97.2 Å². The average molecular weight is 1560 g/mol. The summed E-state index contributed by atoms with van der Waals surface area (Å²) in [5, 5.41) is 121. The number of carbonyl (C=O) groups excluding carboxylic acids is 1. The first-order chi connectivity index (χ1) is 53.8. The lowest BCUT2D eigenvalue weighted by Gasteiger charge is -2.48. The minimum Gasteiger partial charge on any atom is -0.394 e. The maximum absolute atomic E-state index is 13.5. The number of hydrogen-bond donors (Lipinski definition) is 12. The molecule has 19 heteroatoms. The molecule has 12 N–H and O–H groups in total. The van der Waals surface area contributed by atoms with Gasteiger partial charge < -0.3 is 89.9 Å². The van der Waals surface area contributed by atoms with Crippen LogP contribution >= 0.6 is 0 Å². The van der Waals surface area contributed by atoms with Gasteiger partial charge in [0.15, 0.2) is 18.9 Å². The maximum atomic E-state index is 13.5. The predicted molar refractivity (Wildman–Crippen MR) is 443 cm³/mol. The third-order valence-corrected chi connectivity index (χ3v) is 21.6. The van der Waals surface area contributed by atoms with Gasteiger partial charge in [0.2, 0.25) is 5.91 Å². The largest absolute Gasteiger partial charge is 0.394 e. The van der Waals surface area contributed by atoms with Crippen LogP contribution in [0.3, 0.4) is 0 Å². The van der Waals surface area contributed by atoms with Crippen LogP contribution in [0.1, 0.15) is 341 Å². The van der Waals surface area contributed by atoms with E-state index in [0.717, 1.165) is 89.9 Å². The molecule has 3 aliphatic rings. The van der Waals surface area contributed by atoms with E-state index in [1.807, 2.05) is 6.08 Å². The van der Waals surface area contributed by atoms with Gasteiger partial charge in [0.25, 0.3) is 0 Å². The predicted octanol–water partition coefficient (Wildman–Crippen LogP) is 16.7. The minimum atomic E-state index is -1.98. The zero-order valence-electron chi connectivity index (χ0n) is 68.7. The molecule has 0 aliphatic carbocycles. The van der Waals surface area contributed by atoms with Gasteiger partial charge in [-0.2, -0.15) is 0 Å². The molecule has 110 heavy (non-hydrogen) atoms. The molecule has 17 atom stereocenters. The topological polar surface area (TPSA) is 307 Å². The lowest BCUT2D eigenvalue weighted by atomic mass is 9.96. The second kappa shape index (κ2) is 70.0. The number of allylic oxidation sites excluding steroid dienone is 15. The second-order valence-corrected chi connectivity index (χ2v) is 31.3. The molecule has 19 nitrogen and oxygen atoms in total. The summed E-state index contributed by atoms with van der Waals surface area (Å²) < 4.78 is 34.5. The Labute approximate surface area is 666 Å². The van der Waals surface area contributed by atoms with Crippen molar-refractivity contribution in [2.24, 2.45) is 0 Å². The molecule has 3 rings (SSSR count). The zero-order valence-corrected chi connectivity index (χ0v) is 68.7. The van der Waals surface area contributed by atoms with Crippen LogP contribution in [0.25, 0.3) is 0 Å². The van der Waals surface area contributed by atoms with E-state index in [-0.39, 0.29) is 18.9 Å². The number of aliphatic hydroxyl groups is 11. The van der Waals surface area contributed by atoms with Crippen LogP contribution in [-0.4, -0.2) is 193 Å². The summed E-state index contributed by atoms with van der Waals surface area (Å²) in [6.45, 7) is 1.67. The Morgan fingerprint density at radius 3 is 0.982 bits per heavy atom. The van der Waals surface area contributed by atoms with Gasteiger partial charge in [-0.1, -0.05) is 355 Å². The van der Waals surface area contributed by atoms with Crippen molar-refractivity contribution in [2.45, 2.75) is 446 Å². The maximum Gasteiger partial charge on any atom is 0.220 e. The van der Waals surface area contributed by atoms with Gasteiger partial charge in [-0.15, -0.1) is 0 Å². The normalized spacial score (nSPS) is 25.6. The molecule has 0 saturated carbocycles. The van der Waals surface area contributed by atoms with E-state index in [0.29, 0.717) is 6.42 Å². The van der Waals surface area contributed by atoms with E-state index in [1.54, 1.807) is 6.08 Å². The fourth-order valence-corrected chi connectivity index (χ4v) is 14.6. The summed E-state index contributed by atoms with van der Waals surface area (Å²) in [7, 11) is 0. The third-order valence-electron chi connectivity index (χ3n) is 21.6. The molecule has 17 unspecified atom stereocenters. The summed E-state index contributed by atoms with van der Waals surface area (Å²) >= 11 is 0. The molecular formula is C91H161NO18. The number of nitrogens with one attached hydrogen (secondary N) is 1. The zero-order chi connectivity index (χ0) is 79.5. The van der Waals surface area contributed by atoms with Gasteiger partial charge in [0.1, 0.15) is 73.2 Å². The van der Waals surface area contributed by atoms with Crippen LogP contribution in [0.15, 0.2) is 97.2 Å². The highest BCUT2D eigenvalue weighted by Crippen LogP contribution is 2.33. The highest BCUT2D eigenvalue weighted by molar-refractivity contribution is 5.76. The SMILES string of the molecule is CC/C=C\C/C=C\C/C=C\C/C=C\C/C=C\C/C=C\C/C=C\CCCCCCCCCCCCCCCCCCCC(=O)NC(COC1OC(CO)C(OC2OC(CO)C(OC3OC(CO)C(O)C(O)C3O)C(O)C2O)C(O)C1O)C(O)/C=C/CCCCCCCCCCCCCCCCCCCCCCCCCC. The lowest BCUT2D eigenvalue weighted by molar-refractivity contribution is -0.379. The number of amides is 1. The number of hydrogen-bond acceptors (Lipinski definition) is 18. The quantitative estimate of drug-likeness (QED) is 0.0199. The van der Waals surface area contributed by atoms with Crippen LogP contribution in [0, 0.1) is 0 Å². The van der Waals surface area contributed by atoms with Crippen molar-refractivity contribution in [3.8, 4) is 0 Å². The average Bonchev–Trinajstić information content (AvgIpc) is 0.780. The first kappa shape index (κ1) is 101. The van der Waals surface area contributed by atoms with E-state index in [9.17, 15) is 61.0 Å². The van der Waals surface area contributed by atoms with Crippen LogP contribution < -0.4 is 5.32 Å². The molecule has 0 aromatic carbocycles. The first-order valence-corrected chi connectivity index (χ1v) is 44.5. The van der Waals surface area contributed by atoms with Crippen molar-refractivity contribution >= 4 is 5.91 Å². The number of rotatable bonds is 71. The van der Waals surface area contributed by atoms with E-state index >= 15 is 0 Å². The Morgan fingerprint density at radius 1 is 0.336 bits per heavy atom. The molecule has 3 aliphatic heterocycles. The van der Waals surface area contributed by atoms with E-state index in [2.05, 4.69) is 104 Å². The standard InChI is InChI=1S/C91H161NO18/c1-3-5-7-9-11-13-15-17-19-21-23-25-27-29-31-32-33-34-35-36-37-38-39-40-41-42-43-45-47-49-51-53-55-57-59-61-63-65-67-69-79(97)92-74(75(96)68-66-64-62-60-58-56-54-52-50-48-46-44-30-28-26-24-22-20-18-16-14-12-10-8-6-4-2)73-105-89-85(103)82(100)87(77(71-94)107-89)110-91-86(104)83(101)88(78(72-95)108-91)109-90-84(102)81(99)80(98)76(70-93)106-90/h5,7,11,13,17,19,23,25,29,31,33-34,36-37,66,68,74-78,80-91,93-96,98-104H,3-4,6,8-10,12,14-16,18,20-22,24,26-28,30,32,35,38-65,67,69-73H2,1-2H3,(H,92,97)/b7-5-,13-11-,19-17-,25-23-,31-29-,34-33-,37-36-,68-66+. The highest BCUT2D eigenvalue weighted by Gasteiger charge is 2.54. The van der Waals surface area contributed by atoms with Crippen LogP contribution in [0.4, 0.5) is 0 Å². The fraction of sp³-hybridized carbons (Fsp3) is 0.813. The number of unbranched alkanes of at least 4 members (excludes halogenated alkanes) is 41. The van der Waals surface area contributed by atoms with Gasteiger partial charge >= 0.3 is 0 Å². The van der Waals surface area contributed by atoms with E-state index in [1.165, 1.54) is 225 Å². The van der Waals surface area contributed by atoms with Crippen molar-refractivity contribution in [3.63, 3.8) is 0 Å². The van der Waals surface area contributed by atoms with E-state index in [4.69, 9.17) is 28.4 Å². The summed E-state index contributed by atoms with van der Waals surface area (Å²) in [6, 6.07) is -0.979. The molecule has 0 radical (unpaired) electrons. The lowest BCUT2D eigenvalue weighted by Crippen LogP contribution is -2.66. The van der Waals surface area contributed by atoms with E-state index < -0.39 is 124 Å². The third kappa shape index (κ3) is 48.3. The summed E-state index contributed by atoms with van der Waals surface area (Å²) in [5.74, 6) is -0.273. The van der Waals surface area contributed by atoms with Gasteiger partial charge in [-0.3, -0.25) is 4.79 Å². The molecule has 3 fully saturated rings. The fourth-order valence-electron chi connectivity index (χ4n) is 14.6. The summed E-state index contributed by atoms with van der Waals surface area (Å²) in [6.07, 6.45) is 69.7. The van der Waals surface area contributed by atoms with Crippen LogP contribution in [0.2, 0.25) is 0 Å². The molecule has 0 aromatic heterocycles. The molecule has 0 aromatic rings. The summed E-state index contributed by atoms with van der Waals surface area (Å²) in [4.78, 5) is 13.5. The number of carbonyl (C=O) groups is 1. The van der Waals surface area contributed by atoms with Crippen molar-refractivity contribution in [2.75, 3.05) is 26.4 Å². The van der Waals surface area contributed by atoms with Crippen LogP contribution in [-0.2, 0) is 33.2 Å². The molecule has 1 amide bonds.